The first-order valence-electron chi connectivity index (χ1n) is 42.9. The van der Waals surface area contributed by atoms with Crippen molar-refractivity contribution in [1.29, 1.82) is 0 Å². The number of likely N-dealkylation sites (tertiary alicyclic amines) is 1. The first-order valence-corrected chi connectivity index (χ1v) is 45.7. The van der Waals surface area contributed by atoms with Gasteiger partial charge in [-0.1, -0.05) is 108 Å². The maximum atomic E-state index is 14.5. The predicted molar refractivity (Wildman–Crippen MR) is 473 cm³/mol. The van der Waals surface area contributed by atoms with Gasteiger partial charge in [-0.25, -0.2) is 0 Å². The molecule has 17 atom stereocenters. The second-order valence-corrected chi connectivity index (χ2v) is 36.2. The number of primary amides is 1. The summed E-state index contributed by atoms with van der Waals surface area (Å²) in [6, 6.07) is -13.4. The van der Waals surface area contributed by atoms with Crippen LogP contribution in [0.25, 0.3) is 10.9 Å². The van der Waals surface area contributed by atoms with Crippen LogP contribution in [-0.2, 0) is 92.7 Å². The van der Waals surface area contributed by atoms with E-state index < -0.39 is 229 Å². The van der Waals surface area contributed by atoms with Crippen molar-refractivity contribution in [3.8, 4) is 0 Å². The number of aromatic amines is 1. The number of aliphatic hydroxyl groups is 1. The third-order valence-electron chi connectivity index (χ3n) is 20.8. The summed E-state index contributed by atoms with van der Waals surface area (Å²) in [5.74, 6) is -15.7. The minimum Gasteiger partial charge on any atom is -0.480 e. The summed E-state index contributed by atoms with van der Waals surface area (Å²) < 4.78 is 0. The van der Waals surface area contributed by atoms with Gasteiger partial charge in [0.05, 0.1) is 19.2 Å². The van der Waals surface area contributed by atoms with Crippen molar-refractivity contribution in [3.63, 3.8) is 0 Å². The SMILES string of the molecule is CC[C@H](C)[C@H](NC(=O)[C@H](C)NC(=O)[C@@H]1CCCN1C(=O)[C@H](CO)NC(=O)[C@H](CC(C)C)NC(=O)[C@H](C)NC(=O)[C@H](CC(C)C)NC(=O)[C@H](CCSC)NC(=O)CNC(=O)[C@H](CC(C)C)NC(=O)[C@H](CC(C)C)NC(=O)[C@H](CC(C)C)NC(=O)[C@H](CCC(N)=O)NC(=O)[C@H](C)NC(=O)[C@H](Cc1c[nH]c2ccccc12)NC(=O)[C@@H](N)CCSC)C(=O)N[C@@H](C)C(=O)O. The summed E-state index contributed by atoms with van der Waals surface area (Å²) in [6.45, 7) is 24.9. The molecule has 1 saturated heterocycles. The molecule has 0 spiro atoms. The van der Waals surface area contributed by atoms with Crippen molar-refractivity contribution < 1.29 is 96.5 Å². The molecule has 22 N–H and O–H groups in total. The van der Waals surface area contributed by atoms with E-state index in [0.29, 0.717) is 36.3 Å². The van der Waals surface area contributed by atoms with E-state index in [4.69, 9.17) is 11.5 Å². The summed E-state index contributed by atoms with van der Waals surface area (Å²) in [5.41, 5.74) is 13.2. The van der Waals surface area contributed by atoms with Gasteiger partial charge in [-0.15, -0.1) is 0 Å². The van der Waals surface area contributed by atoms with Gasteiger partial charge in [-0.2, -0.15) is 23.5 Å². The molecule has 17 amide bonds. The normalized spacial score (nSPS) is 16.5. The minimum absolute atomic E-state index is 0.000393. The van der Waals surface area contributed by atoms with Gasteiger partial charge < -0.3 is 111 Å². The molecule has 41 heteroatoms. The molecule has 1 fully saturated rings. The lowest BCUT2D eigenvalue weighted by Crippen LogP contribution is -2.60. The quantitative estimate of drug-likeness (QED) is 0.0383. The Morgan fingerprint density at radius 1 is 0.464 bits per heavy atom. The number of nitrogens with zero attached hydrogens (tertiary/aromatic N) is 1. The predicted octanol–water partition coefficient (Wildman–Crippen LogP) is -0.863. The number of carboxylic acids is 1. The maximum Gasteiger partial charge on any atom is 0.325 e. The summed E-state index contributed by atoms with van der Waals surface area (Å²) in [6.07, 6.45) is 5.94. The topological polar surface area (TPSA) is 599 Å². The number of fused-ring (bicyclic) bond motifs is 1. The van der Waals surface area contributed by atoms with Crippen molar-refractivity contribution >= 4 is 141 Å². The van der Waals surface area contributed by atoms with Crippen LogP contribution in [0.2, 0.25) is 0 Å². The number of aliphatic hydroxyl groups excluding tert-OH is 1. The van der Waals surface area contributed by atoms with E-state index in [0.717, 1.165) is 15.8 Å². The third kappa shape index (κ3) is 37.9. The van der Waals surface area contributed by atoms with E-state index in [1.54, 1.807) is 95.5 Å². The largest absolute Gasteiger partial charge is 0.480 e. The number of H-pyrrole nitrogens is 1. The lowest BCUT2D eigenvalue weighted by molar-refractivity contribution is -0.143. The molecular formula is C84H139N19O20S2. The number of nitrogens with two attached hydrogens (primary N) is 2. The molecule has 0 aliphatic carbocycles. The number of rotatable bonds is 56. The molecule has 0 saturated carbocycles. The van der Waals surface area contributed by atoms with Gasteiger partial charge in [-0.3, -0.25) is 86.3 Å². The molecule has 1 aliphatic rings. The Labute approximate surface area is 740 Å². The van der Waals surface area contributed by atoms with Crippen LogP contribution in [0.1, 0.15) is 193 Å². The number of para-hydroxylation sites is 1. The molecule has 125 heavy (non-hydrogen) atoms. The Balaban J connectivity index is 1.74. The van der Waals surface area contributed by atoms with E-state index >= 15 is 0 Å². The zero-order valence-electron chi connectivity index (χ0n) is 75.5. The third-order valence-corrected chi connectivity index (χ3v) is 22.1. The zero-order chi connectivity index (χ0) is 94.4. The van der Waals surface area contributed by atoms with Gasteiger partial charge in [-0.05, 0) is 163 Å². The maximum absolute atomic E-state index is 14.5. The second kappa shape index (κ2) is 54.7. The number of carbonyl (C=O) groups excluding carboxylic acids is 17. The Morgan fingerprint density at radius 3 is 1.33 bits per heavy atom. The highest BCUT2D eigenvalue weighted by Gasteiger charge is 2.42. The van der Waals surface area contributed by atoms with Crippen LogP contribution in [0, 0.1) is 35.5 Å². The number of nitrogens with one attached hydrogen (secondary N) is 16. The molecule has 1 aliphatic heterocycles. The number of aromatic nitrogens is 1. The van der Waals surface area contributed by atoms with Crippen LogP contribution < -0.4 is 91.2 Å². The van der Waals surface area contributed by atoms with Crippen LogP contribution in [-0.4, -0.2) is 267 Å². The molecule has 0 radical (unpaired) electrons. The summed E-state index contributed by atoms with van der Waals surface area (Å²) in [4.78, 5) is 252. The van der Waals surface area contributed by atoms with Crippen molar-refractivity contribution in [2.45, 2.75) is 291 Å². The molecule has 39 nitrogen and oxygen atoms in total. The molecule has 3 rings (SSSR count). The lowest BCUT2D eigenvalue weighted by atomic mass is 9.97. The number of hydrogen-bond donors (Lipinski definition) is 20. The fourth-order valence-corrected chi connectivity index (χ4v) is 14.6. The molecule has 702 valence electrons. The Kier molecular flexibility index (Phi) is 47.7. The first-order chi connectivity index (χ1) is 58.7. The average Bonchev–Trinajstić information content (AvgIpc) is 1.70. The van der Waals surface area contributed by atoms with Crippen LogP contribution in [0.3, 0.4) is 0 Å². The molecule has 2 aromatic rings. The highest BCUT2D eigenvalue weighted by atomic mass is 32.2. The zero-order valence-corrected chi connectivity index (χ0v) is 77.1. The monoisotopic (exact) mass is 1800 g/mol. The summed E-state index contributed by atoms with van der Waals surface area (Å²) in [7, 11) is 0. The fraction of sp³-hybridized carbons (Fsp3) is 0.690. The van der Waals surface area contributed by atoms with E-state index in [2.05, 4.69) is 84.7 Å². The van der Waals surface area contributed by atoms with Crippen LogP contribution in [0.4, 0.5) is 0 Å². The number of aliphatic carboxylic acids is 1. The number of carbonyl (C=O) groups is 18. The van der Waals surface area contributed by atoms with Crippen molar-refractivity contribution in [1.82, 2.24) is 89.6 Å². The molecule has 2 heterocycles. The van der Waals surface area contributed by atoms with E-state index in [1.807, 2.05) is 30.5 Å². The van der Waals surface area contributed by atoms with Gasteiger partial charge in [0, 0.05) is 36.5 Å². The molecule has 0 unspecified atom stereocenters. The van der Waals surface area contributed by atoms with Crippen molar-refractivity contribution in [3.05, 3.63) is 36.0 Å². The number of hydrogen-bond acceptors (Lipinski definition) is 22. The van der Waals surface area contributed by atoms with Crippen molar-refractivity contribution in [2.24, 2.45) is 47.0 Å². The fourth-order valence-electron chi connectivity index (χ4n) is 13.6. The number of carboxylic acid groups (broad SMARTS) is 1. The summed E-state index contributed by atoms with van der Waals surface area (Å²) >= 11 is 2.84. The number of amides is 17. The van der Waals surface area contributed by atoms with Crippen molar-refractivity contribution in [2.75, 3.05) is 43.7 Å². The summed E-state index contributed by atoms with van der Waals surface area (Å²) in [5, 5.41) is 59.7. The molecule has 1 aromatic carbocycles. The first kappa shape index (κ1) is 109. The standard InChI is InChI=1S/C84H139N19O20S2/c1-19-47(12)68(82(120)92-51(16)84(122)123)102-71(109)50(15)91-81(119)65-25-22-30-103(65)83(121)64(41-104)101-80(118)60(35-44(6)7)95-70(108)49(14)89-76(114)59(34-43(4)5)98-75(113)57(29-32-125-18)93-67(106)40-88-73(111)58(33-42(2)3)97-78(116)62(37-46(10)11)100-79(117)61(36-45(8)9)99-74(112)56(26-27-66(86)105)94-69(107)48(13)90-77(115)63(96-72(110)54(85)28-31-124-17)38-52-39-87-55-24-21-20-23-53(52)55/h20-21,23-24,39,42-51,54,56-65,68,87,104H,19,22,25-38,40-41,85H2,1-18H3,(H2,86,105)(H,88,111)(H,89,114)(H,90,115)(H,91,119)(H,92,120)(H,93,106)(H,94,107)(H,95,108)(H,96,110)(H,97,116)(H,98,113)(H,99,112)(H,100,117)(H,101,118)(H,102,109)(H,122,123)/t47-,48-,49-,50-,51-,54-,56-,57-,58-,59-,60-,61-,62-,63-,64-,65-,68-/m0/s1. The van der Waals surface area contributed by atoms with E-state index in [-0.39, 0.29) is 93.9 Å². The lowest BCUT2D eigenvalue weighted by Gasteiger charge is -2.30. The second-order valence-electron chi connectivity index (χ2n) is 34.2. The van der Waals surface area contributed by atoms with Gasteiger partial charge in [0.2, 0.25) is 100 Å². The molecular weight excluding hydrogens is 1660 g/mol. The van der Waals surface area contributed by atoms with Gasteiger partial charge >= 0.3 is 5.97 Å². The average molecular weight is 1800 g/mol. The highest BCUT2D eigenvalue weighted by Crippen LogP contribution is 2.23. The minimum atomic E-state index is -1.62. The number of thioether (sulfide) groups is 2. The molecule has 1 aromatic heterocycles. The van der Waals surface area contributed by atoms with Crippen LogP contribution >= 0.6 is 23.5 Å². The van der Waals surface area contributed by atoms with Gasteiger partial charge in [0.1, 0.15) is 90.6 Å². The smallest absolute Gasteiger partial charge is 0.325 e. The molecule has 0 bridgehead atoms. The van der Waals surface area contributed by atoms with Crippen LogP contribution in [0.15, 0.2) is 30.5 Å². The van der Waals surface area contributed by atoms with Gasteiger partial charge in [0.25, 0.3) is 0 Å². The Hall–Kier alpha value is -10.2. The van der Waals surface area contributed by atoms with Gasteiger partial charge in [0.15, 0.2) is 0 Å². The Morgan fingerprint density at radius 2 is 0.864 bits per heavy atom. The highest BCUT2D eigenvalue weighted by molar-refractivity contribution is 7.98. The Bertz CT molecular complexity index is 4000. The number of benzene rings is 1. The van der Waals surface area contributed by atoms with Crippen LogP contribution in [0.5, 0.6) is 0 Å². The van der Waals surface area contributed by atoms with E-state index in [9.17, 15) is 96.5 Å². The van der Waals surface area contributed by atoms with E-state index in [1.165, 1.54) is 51.2 Å².